The van der Waals surface area contributed by atoms with Gasteiger partial charge in [0.25, 0.3) is 0 Å². The van der Waals surface area contributed by atoms with Gasteiger partial charge in [-0.3, -0.25) is 0 Å². The van der Waals surface area contributed by atoms with Crippen LogP contribution < -0.4 is 0 Å². The Bertz CT molecular complexity index is 680. The summed E-state index contributed by atoms with van der Waals surface area (Å²) in [5.41, 5.74) is 5.02. The second kappa shape index (κ2) is 5.59. The van der Waals surface area contributed by atoms with Crippen molar-refractivity contribution in [1.29, 1.82) is 0 Å². The molecule has 1 N–H and O–H groups in total. The Morgan fingerprint density at radius 2 is 2.08 bits per heavy atom. The monoisotopic (exact) mass is 328 g/mol. The van der Waals surface area contributed by atoms with Gasteiger partial charge in [0.05, 0.1) is 18.8 Å². The van der Waals surface area contributed by atoms with Crippen LogP contribution in [0.4, 0.5) is 0 Å². The van der Waals surface area contributed by atoms with E-state index in [-0.39, 0.29) is 12.1 Å². The first-order chi connectivity index (χ1) is 11.5. The van der Waals surface area contributed by atoms with Crippen LogP contribution in [0.3, 0.4) is 0 Å². The summed E-state index contributed by atoms with van der Waals surface area (Å²) in [6, 6.07) is 4.14. The highest BCUT2D eigenvalue weighted by Gasteiger charge is 2.53. The summed E-state index contributed by atoms with van der Waals surface area (Å²) in [4.78, 5) is 12.0. The molecular weight excluding hydrogens is 300 g/mol. The maximum atomic E-state index is 12.0. The number of methoxy groups -OCH3 is 1. The van der Waals surface area contributed by atoms with Crippen LogP contribution in [-0.4, -0.2) is 24.3 Å². The van der Waals surface area contributed by atoms with E-state index in [1.807, 2.05) is 6.07 Å². The van der Waals surface area contributed by atoms with Gasteiger partial charge >= 0.3 is 5.97 Å². The van der Waals surface area contributed by atoms with Gasteiger partial charge in [0.15, 0.2) is 0 Å². The molecular formula is C21H28O3. The molecule has 5 atom stereocenters. The molecule has 0 heterocycles. The van der Waals surface area contributed by atoms with E-state index in [2.05, 4.69) is 19.9 Å². The summed E-state index contributed by atoms with van der Waals surface area (Å²) in [6.45, 7) is 4.54. The highest BCUT2D eigenvalue weighted by molar-refractivity contribution is 5.91. The lowest BCUT2D eigenvalue weighted by Gasteiger charge is -2.53. The van der Waals surface area contributed by atoms with Crippen LogP contribution in [0, 0.1) is 24.2 Å². The van der Waals surface area contributed by atoms with E-state index in [1.54, 1.807) is 0 Å². The second-order valence-electron chi connectivity index (χ2n) is 8.42. The van der Waals surface area contributed by atoms with Crippen molar-refractivity contribution in [2.45, 2.75) is 64.4 Å². The SMILES string of the molecule is COC(=O)c1ccc2c(c1C)C[C@H]1[C@H]2CC[C@H]2CC(O)CCC21C. The molecule has 2 saturated carbocycles. The minimum atomic E-state index is -0.227. The zero-order valence-corrected chi connectivity index (χ0v) is 15.0. The van der Waals surface area contributed by atoms with E-state index in [9.17, 15) is 9.90 Å². The van der Waals surface area contributed by atoms with Gasteiger partial charge in [-0.25, -0.2) is 4.79 Å². The molecule has 0 amide bonds. The summed E-state index contributed by atoms with van der Waals surface area (Å²) < 4.78 is 4.95. The molecule has 0 aromatic heterocycles. The summed E-state index contributed by atoms with van der Waals surface area (Å²) >= 11 is 0. The molecule has 0 saturated heterocycles. The van der Waals surface area contributed by atoms with Crippen LogP contribution in [0.25, 0.3) is 0 Å². The van der Waals surface area contributed by atoms with E-state index in [0.29, 0.717) is 23.2 Å². The molecule has 4 rings (SSSR count). The van der Waals surface area contributed by atoms with Crippen molar-refractivity contribution in [3.8, 4) is 0 Å². The Morgan fingerprint density at radius 3 is 2.83 bits per heavy atom. The van der Waals surface area contributed by atoms with Gasteiger partial charge in [0.1, 0.15) is 0 Å². The first-order valence-electron chi connectivity index (χ1n) is 9.34. The molecule has 0 spiro atoms. The van der Waals surface area contributed by atoms with E-state index < -0.39 is 0 Å². The third-order valence-electron chi connectivity index (χ3n) is 7.53. The van der Waals surface area contributed by atoms with Gasteiger partial charge in [-0.2, -0.15) is 0 Å². The molecule has 3 heteroatoms. The molecule has 0 aliphatic heterocycles. The second-order valence-corrected chi connectivity index (χ2v) is 8.42. The van der Waals surface area contributed by atoms with Crippen molar-refractivity contribution in [2.75, 3.05) is 7.11 Å². The number of fused-ring (bicyclic) bond motifs is 5. The molecule has 3 aliphatic rings. The lowest BCUT2D eigenvalue weighted by Crippen LogP contribution is -2.46. The van der Waals surface area contributed by atoms with Crippen molar-refractivity contribution in [2.24, 2.45) is 17.3 Å². The summed E-state index contributed by atoms with van der Waals surface area (Å²) in [7, 11) is 1.45. The Hall–Kier alpha value is -1.35. The van der Waals surface area contributed by atoms with Crippen LogP contribution in [0.15, 0.2) is 12.1 Å². The van der Waals surface area contributed by atoms with Crippen LogP contribution >= 0.6 is 0 Å². The Balaban J connectivity index is 1.71. The van der Waals surface area contributed by atoms with Gasteiger partial charge in [-0.05, 0) is 91.4 Å². The minimum Gasteiger partial charge on any atom is -0.465 e. The maximum absolute atomic E-state index is 12.0. The first kappa shape index (κ1) is 16.1. The normalized spacial score (nSPS) is 37.3. The number of carbonyl (C=O) groups excluding carboxylic acids is 1. The average molecular weight is 328 g/mol. The molecule has 1 aromatic carbocycles. The lowest BCUT2D eigenvalue weighted by atomic mass is 9.52. The van der Waals surface area contributed by atoms with Gasteiger partial charge in [-0.15, -0.1) is 0 Å². The minimum absolute atomic E-state index is 0.101. The van der Waals surface area contributed by atoms with E-state index in [4.69, 9.17) is 4.74 Å². The van der Waals surface area contributed by atoms with Crippen molar-refractivity contribution in [3.05, 3.63) is 34.4 Å². The van der Waals surface area contributed by atoms with Gasteiger partial charge in [0, 0.05) is 0 Å². The molecule has 0 radical (unpaired) electrons. The van der Waals surface area contributed by atoms with Crippen LogP contribution in [0.2, 0.25) is 0 Å². The zero-order valence-electron chi connectivity index (χ0n) is 15.0. The number of esters is 1. The van der Waals surface area contributed by atoms with E-state index in [1.165, 1.54) is 31.1 Å². The summed E-state index contributed by atoms with van der Waals surface area (Å²) in [5, 5.41) is 10.1. The fourth-order valence-electron chi connectivity index (χ4n) is 6.07. The number of benzene rings is 1. The first-order valence-corrected chi connectivity index (χ1v) is 9.34. The maximum Gasteiger partial charge on any atom is 0.338 e. The third kappa shape index (κ3) is 2.17. The fourth-order valence-corrected chi connectivity index (χ4v) is 6.07. The van der Waals surface area contributed by atoms with Gasteiger partial charge < -0.3 is 9.84 Å². The fraction of sp³-hybridized carbons (Fsp3) is 0.667. The number of ether oxygens (including phenoxy) is 1. The molecule has 24 heavy (non-hydrogen) atoms. The highest BCUT2D eigenvalue weighted by Crippen LogP contribution is 2.61. The molecule has 3 aliphatic carbocycles. The number of rotatable bonds is 1. The third-order valence-corrected chi connectivity index (χ3v) is 7.53. The molecule has 2 unspecified atom stereocenters. The quantitative estimate of drug-likeness (QED) is 0.793. The molecule has 130 valence electrons. The molecule has 3 nitrogen and oxygen atoms in total. The Morgan fingerprint density at radius 1 is 1.29 bits per heavy atom. The largest absolute Gasteiger partial charge is 0.465 e. The molecule has 1 aromatic rings. The van der Waals surface area contributed by atoms with Gasteiger partial charge in [0.2, 0.25) is 0 Å². The summed E-state index contributed by atoms with van der Waals surface area (Å²) in [5.74, 6) is 1.71. The lowest BCUT2D eigenvalue weighted by molar-refractivity contribution is -0.0508. The number of aliphatic hydroxyl groups is 1. The predicted molar refractivity (Wildman–Crippen MR) is 93.1 cm³/mol. The molecule has 0 bridgehead atoms. The van der Waals surface area contributed by atoms with Gasteiger partial charge in [-0.1, -0.05) is 13.0 Å². The Kier molecular flexibility index (Phi) is 3.76. The zero-order chi connectivity index (χ0) is 17.1. The summed E-state index contributed by atoms with van der Waals surface area (Å²) in [6.07, 6.45) is 6.49. The van der Waals surface area contributed by atoms with Crippen molar-refractivity contribution >= 4 is 5.97 Å². The molecule has 2 fully saturated rings. The topological polar surface area (TPSA) is 46.5 Å². The smallest absolute Gasteiger partial charge is 0.338 e. The number of aliphatic hydroxyl groups excluding tert-OH is 1. The van der Waals surface area contributed by atoms with E-state index >= 15 is 0 Å². The highest BCUT2D eigenvalue weighted by atomic mass is 16.5. The van der Waals surface area contributed by atoms with Crippen molar-refractivity contribution in [3.63, 3.8) is 0 Å². The van der Waals surface area contributed by atoms with Crippen LogP contribution in [0.5, 0.6) is 0 Å². The number of hydrogen-bond donors (Lipinski definition) is 1. The number of hydrogen-bond acceptors (Lipinski definition) is 3. The standard InChI is InChI=1S/C21H28O3/c1-12-15(20(23)24-3)6-7-16-17-5-4-13-10-14(22)8-9-21(13,2)19(17)11-18(12)16/h6-7,13-14,17,19,22H,4-5,8-11H2,1-3H3/t13-,14?,17-,19-,21?/m0/s1. The van der Waals surface area contributed by atoms with Crippen LogP contribution in [0.1, 0.15) is 72.0 Å². The average Bonchev–Trinajstić information content (AvgIpc) is 2.96. The van der Waals surface area contributed by atoms with Crippen molar-refractivity contribution < 1.29 is 14.6 Å². The van der Waals surface area contributed by atoms with Crippen LogP contribution in [-0.2, 0) is 11.2 Å². The van der Waals surface area contributed by atoms with Crippen molar-refractivity contribution in [1.82, 2.24) is 0 Å². The number of carbonyl (C=O) groups is 1. The Labute approximate surface area is 144 Å². The predicted octanol–water partition coefficient (Wildman–Crippen LogP) is 4.00. The van der Waals surface area contributed by atoms with E-state index in [0.717, 1.165) is 36.8 Å².